The van der Waals surface area contributed by atoms with E-state index in [4.69, 9.17) is 0 Å². The first-order valence-electron chi connectivity index (χ1n) is 5.98. The lowest BCUT2D eigenvalue weighted by Crippen LogP contribution is -2.02. The van der Waals surface area contributed by atoms with Crippen LogP contribution < -0.4 is 5.32 Å². The predicted octanol–water partition coefficient (Wildman–Crippen LogP) is 3.34. The number of hydrogen-bond donors (Lipinski definition) is 1. The van der Waals surface area contributed by atoms with Gasteiger partial charge in [0, 0.05) is 24.3 Å². The topological polar surface area (TPSA) is 42.7 Å². The molecule has 96 valence electrons. The van der Waals surface area contributed by atoms with E-state index in [1.165, 1.54) is 5.56 Å². The van der Waals surface area contributed by atoms with Crippen LogP contribution in [0.2, 0.25) is 0 Å². The lowest BCUT2D eigenvalue weighted by molar-refractivity contribution is 0.943. The molecule has 0 aliphatic heterocycles. The standard InChI is InChI=1S/C14H13BrN4/c1-19-7-6-12-13(17-9-18-14(12)19)16-8-10-2-4-11(15)5-3-10/h2-7,9H,8H2,1H3,(H,16,17,18). The third-order valence-corrected chi connectivity index (χ3v) is 3.56. The molecule has 1 N–H and O–H groups in total. The Hall–Kier alpha value is -1.88. The van der Waals surface area contributed by atoms with Crippen molar-refractivity contribution in [1.82, 2.24) is 14.5 Å². The second-order valence-corrected chi connectivity index (χ2v) is 5.28. The molecule has 3 rings (SSSR count). The molecule has 0 unspecified atom stereocenters. The van der Waals surface area contributed by atoms with E-state index in [9.17, 15) is 0 Å². The van der Waals surface area contributed by atoms with Crippen molar-refractivity contribution >= 4 is 32.8 Å². The molecule has 0 saturated heterocycles. The summed E-state index contributed by atoms with van der Waals surface area (Å²) in [5, 5.41) is 4.40. The van der Waals surface area contributed by atoms with Crippen LogP contribution in [0.25, 0.3) is 11.0 Å². The highest BCUT2D eigenvalue weighted by Gasteiger charge is 2.05. The summed E-state index contributed by atoms with van der Waals surface area (Å²) >= 11 is 3.43. The number of benzene rings is 1. The Morgan fingerprint density at radius 2 is 1.95 bits per heavy atom. The lowest BCUT2D eigenvalue weighted by Gasteiger charge is -2.07. The number of nitrogens with one attached hydrogen (secondary N) is 1. The van der Waals surface area contributed by atoms with Gasteiger partial charge in [-0.3, -0.25) is 0 Å². The monoisotopic (exact) mass is 316 g/mol. The molecule has 2 aromatic heterocycles. The molecule has 19 heavy (non-hydrogen) atoms. The first-order chi connectivity index (χ1) is 9.24. The molecule has 2 heterocycles. The summed E-state index contributed by atoms with van der Waals surface area (Å²) in [5.41, 5.74) is 2.15. The molecule has 0 spiro atoms. The van der Waals surface area contributed by atoms with Gasteiger partial charge in [-0.15, -0.1) is 0 Å². The van der Waals surface area contributed by atoms with Gasteiger partial charge in [-0.05, 0) is 23.8 Å². The Labute approximate surface area is 119 Å². The van der Waals surface area contributed by atoms with Crippen LogP contribution in [0.3, 0.4) is 0 Å². The summed E-state index contributed by atoms with van der Waals surface area (Å²) in [4.78, 5) is 8.58. The highest BCUT2D eigenvalue weighted by Crippen LogP contribution is 2.20. The Balaban J connectivity index is 1.83. The fraction of sp³-hybridized carbons (Fsp3) is 0.143. The van der Waals surface area contributed by atoms with Crippen LogP contribution >= 0.6 is 15.9 Å². The van der Waals surface area contributed by atoms with Gasteiger partial charge >= 0.3 is 0 Å². The zero-order valence-corrected chi connectivity index (χ0v) is 12.1. The minimum atomic E-state index is 0.744. The van der Waals surface area contributed by atoms with Gasteiger partial charge in [0.1, 0.15) is 17.8 Å². The Bertz CT molecular complexity index is 703. The SMILES string of the molecule is Cn1ccc2c(NCc3ccc(Br)cc3)ncnc21. The third kappa shape index (κ3) is 2.46. The average molecular weight is 317 g/mol. The maximum absolute atomic E-state index is 4.31. The fourth-order valence-electron chi connectivity index (χ4n) is 2.01. The van der Waals surface area contributed by atoms with Crippen molar-refractivity contribution in [2.75, 3.05) is 5.32 Å². The van der Waals surface area contributed by atoms with Crippen molar-refractivity contribution in [2.24, 2.45) is 7.05 Å². The molecule has 0 amide bonds. The van der Waals surface area contributed by atoms with Gasteiger partial charge < -0.3 is 9.88 Å². The number of nitrogens with zero attached hydrogens (tertiary/aromatic N) is 3. The molecule has 5 heteroatoms. The van der Waals surface area contributed by atoms with Gasteiger partial charge in [0.2, 0.25) is 0 Å². The highest BCUT2D eigenvalue weighted by molar-refractivity contribution is 9.10. The summed E-state index contributed by atoms with van der Waals surface area (Å²) in [6.07, 6.45) is 3.58. The van der Waals surface area contributed by atoms with Crippen molar-refractivity contribution in [1.29, 1.82) is 0 Å². The van der Waals surface area contributed by atoms with Gasteiger partial charge in [0.05, 0.1) is 5.39 Å². The molecule has 0 aliphatic carbocycles. The van der Waals surface area contributed by atoms with Gasteiger partial charge in [-0.25, -0.2) is 9.97 Å². The minimum Gasteiger partial charge on any atom is -0.365 e. The number of hydrogen-bond acceptors (Lipinski definition) is 3. The fourth-order valence-corrected chi connectivity index (χ4v) is 2.27. The van der Waals surface area contributed by atoms with Crippen LogP contribution in [0.15, 0.2) is 47.3 Å². The average Bonchev–Trinajstić information content (AvgIpc) is 2.81. The first kappa shape index (κ1) is 12.2. The maximum atomic E-state index is 4.31. The van der Waals surface area contributed by atoms with Crippen LogP contribution in [-0.4, -0.2) is 14.5 Å². The van der Waals surface area contributed by atoms with Crippen LogP contribution in [0.5, 0.6) is 0 Å². The van der Waals surface area contributed by atoms with E-state index in [1.54, 1.807) is 6.33 Å². The van der Waals surface area contributed by atoms with Crippen molar-refractivity contribution in [3.63, 3.8) is 0 Å². The second kappa shape index (κ2) is 5.01. The van der Waals surface area contributed by atoms with Crippen LogP contribution in [-0.2, 0) is 13.6 Å². The molecule has 0 saturated carbocycles. The van der Waals surface area contributed by atoms with Crippen LogP contribution in [0.4, 0.5) is 5.82 Å². The largest absolute Gasteiger partial charge is 0.365 e. The molecule has 4 nitrogen and oxygen atoms in total. The molecular formula is C14H13BrN4. The molecule has 0 bridgehead atoms. The number of anilines is 1. The van der Waals surface area contributed by atoms with Crippen LogP contribution in [0.1, 0.15) is 5.56 Å². The third-order valence-electron chi connectivity index (χ3n) is 3.03. The first-order valence-corrected chi connectivity index (χ1v) is 6.78. The number of aryl methyl sites for hydroxylation is 1. The van der Waals surface area contributed by atoms with Gasteiger partial charge in [-0.2, -0.15) is 0 Å². The summed E-state index contributed by atoms with van der Waals surface area (Å²) in [5.74, 6) is 0.869. The van der Waals surface area contributed by atoms with E-state index in [0.29, 0.717) is 0 Å². The lowest BCUT2D eigenvalue weighted by atomic mass is 10.2. The molecule has 0 aliphatic rings. The van der Waals surface area contributed by atoms with E-state index >= 15 is 0 Å². The van der Waals surface area contributed by atoms with Crippen molar-refractivity contribution in [3.8, 4) is 0 Å². The number of aromatic nitrogens is 3. The van der Waals surface area contributed by atoms with Gasteiger partial charge in [0.15, 0.2) is 0 Å². The molecule has 1 aromatic carbocycles. The molecular weight excluding hydrogens is 304 g/mol. The van der Waals surface area contributed by atoms with E-state index in [2.05, 4.69) is 43.3 Å². The normalized spacial score (nSPS) is 10.8. The number of rotatable bonds is 3. The summed E-state index contributed by atoms with van der Waals surface area (Å²) in [6.45, 7) is 0.744. The Morgan fingerprint density at radius 3 is 2.74 bits per heavy atom. The Kier molecular flexibility index (Phi) is 3.21. The summed E-state index contributed by atoms with van der Waals surface area (Å²) < 4.78 is 3.07. The van der Waals surface area contributed by atoms with E-state index < -0.39 is 0 Å². The highest BCUT2D eigenvalue weighted by atomic mass is 79.9. The molecule has 0 radical (unpaired) electrons. The molecule has 0 fully saturated rings. The van der Waals surface area contributed by atoms with E-state index in [1.807, 2.05) is 36.0 Å². The summed E-state index contributed by atoms with van der Waals surface area (Å²) in [6, 6.07) is 10.3. The maximum Gasteiger partial charge on any atom is 0.145 e. The zero-order chi connectivity index (χ0) is 13.2. The van der Waals surface area contributed by atoms with Crippen molar-refractivity contribution in [2.45, 2.75) is 6.54 Å². The number of fused-ring (bicyclic) bond motifs is 1. The second-order valence-electron chi connectivity index (χ2n) is 4.37. The van der Waals surface area contributed by atoms with Gasteiger partial charge in [-0.1, -0.05) is 28.1 Å². The smallest absolute Gasteiger partial charge is 0.145 e. The predicted molar refractivity (Wildman–Crippen MR) is 80.0 cm³/mol. The number of halogens is 1. The zero-order valence-electron chi connectivity index (χ0n) is 10.5. The van der Waals surface area contributed by atoms with Crippen LogP contribution in [0, 0.1) is 0 Å². The van der Waals surface area contributed by atoms with E-state index in [-0.39, 0.29) is 0 Å². The van der Waals surface area contributed by atoms with Crippen molar-refractivity contribution in [3.05, 3.63) is 52.9 Å². The quantitative estimate of drug-likeness (QED) is 0.805. The van der Waals surface area contributed by atoms with Gasteiger partial charge in [0.25, 0.3) is 0 Å². The van der Waals surface area contributed by atoms with E-state index in [0.717, 1.165) is 27.9 Å². The molecule has 3 aromatic rings. The summed E-state index contributed by atoms with van der Waals surface area (Å²) in [7, 11) is 1.98. The van der Waals surface area contributed by atoms with Crippen molar-refractivity contribution < 1.29 is 0 Å². The Morgan fingerprint density at radius 1 is 1.16 bits per heavy atom. The molecule has 0 atom stereocenters. The minimum absolute atomic E-state index is 0.744.